The van der Waals surface area contributed by atoms with Crippen molar-refractivity contribution >= 4 is 28.8 Å². The number of carboxylic acids is 1. The summed E-state index contributed by atoms with van der Waals surface area (Å²) in [5, 5.41) is 22.2. The van der Waals surface area contributed by atoms with Gasteiger partial charge in [-0.15, -0.1) is 10.2 Å². The molecule has 3 N–H and O–H groups in total. The third-order valence-corrected chi connectivity index (χ3v) is 5.18. The lowest BCUT2D eigenvalue weighted by atomic mass is 10.1. The molecule has 4 rings (SSSR count). The summed E-state index contributed by atoms with van der Waals surface area (Å²) in [6, 6.07) is 19.1. The Morgan fingerprint density at radius 2 is 1.85 bits per heavy atom. The Kier molecular flexibility index (Phi) is 6.23. The first-order chi connectivity index (χ1) is 16.0. The first-order valence-electron chi connectivity index (χ1n) is 10.3. The van der Waals surface area contributed by atoms with Crippen molar-refractivity contribution in [1.82, 2.24) is 14.8 Å². The standard InChI is InChI=1S/C24H23N7O2/c1-16-6-8-18(9-7-16)30(2)19-10-11-21(17(13-19)14-25)28-29-23-20(24(32)33)15-27-31(23)22-5-3-4-12-26-22/h3-13,15H,14,25H2,1-2H3,(H,32,33)/b29-28+. The van der Waals surface area contributed by atoms with Crippen molar-refractivity contribution < 1.29 is 9.90 Å². The number of aromatic carboxylic acids is 1. The van der Waals surface area contributed by atoms with Gasteiger partial charge in [0.2, 0.25) is 0 Å². The molecule has 4 aromatic rings. The predicted molar refractivity (Wildman–Crippen MR) is 126 cm³/mol. The second kappa shape index (κ2) is 9.41. The van der Waals surface area contributed by atoms with Crippen molar-refractivity contribution in [2.24, 2.45) is 16.0 Å². The lowest BCUT2D eigenvalue weighted by molar-refractivity contribution is 0.0697. The fourth-order valence-corrected chi connectivity index (χ4v) is 3.30. The van der Waals surface area contributed by atoms with Crippen LogP contribution in [0.25, 0.3) is 5.82 Å². The van der Waals surface area contributed by atoms with Gasteiger partial charge in [-0.1, -0.05) is 23.8 Å². The minimum absolute atomic E-state index is 0.0741. The van der Waals surface area contributed by atoms with Crippen LogP contribution in [0.5, 0.6) is 0 Å². The highest BCUT2D eigenvalue weighted by Gasteiger charge is 2.18. The van der Waals surface area contributed by atoms with Gasteiger partial charge in [-0.05, 0) is 55.0 Å². The van der Waals surface area contributed by atoms with E-state index in [-0.39, 0.29) is 17.9 Å². The van der Waals surface area contributed by atoms with Crippen molar-refractivity contribution in [3.8, 4) is 5.82 Å². The van der Waals surface area contributed by atoms with Crippen LogP contribution in [0.2, 0.25) is 0 Å². The average molecular weight is 441 g/mol. The average Bonchev–Trinajstić information content (AvgIpc) is 3.27. The number of benzene rings is 2. The van der Waals surface area contributed by atoms with E-state index in [1.807, 2.05) is 32.2 Å². The number of aryl methyl sites for hydroxylation is 1. The van der Waals surface area contributed by atoms with Crippen LogP contribution >= 0.6 is 0 Å². The summed E-state index contributed by atoms with van der Waals surface area (Å²) in [5.41, 5.74) is 10.4. The first kappa shape index (κ1) is 21.8. The van der Waals surface area contributed by atoms with Crippen molar-refractivity contribution in [3.63, 3.8) is 0 Å². The molecule has 9 nitrogen and oxygen atoms in total. The molecule has 0 amide bonds. The number of anilines is 2. The summed E-state index contributed by atoms with van der Waals surface area (Å²) < 4.78 is 1.34. The maximum Gasteiger partial charge on any atom is 0.341 e. The Bertz CT molecular complexity index is 1300. The number of azo groups is 1. The van der Waals surface area contributed by atoms with Gasteiger partial charge in [0.05, 0.1) is 11.9 Å². The van der Waals surface area contributed by atoms with Crippen LogP contribution in [0.3, 0.4) is 0 Å². The first-order valence-corrected chi connectivity index (χ1v) is 10.3. The Labute approximate surface area is 190 Å². The highest BCUT2D eigenvalue weighted by Crippen LogP contribution is 2.31. The summed E-state index contributed by atoms with van der Waals surface area (Å²) in [6.07, 6.45) is 2.82. The van der Waals surface area contributed by atoms with Crippen LogP contribution in [0, 0.1) is 6.92 Å². The number of carboxylic acid groups (broad SMARTS) is 1. The van der Waals surface area contributed by atoms with E-state index in [1.165, 1.54) is 16.4 Å². The molecule has 0 radical (unpaired) electrons. The minimum atomic E-state index is -1.15. The third-order valence-electron chi connectivity index (χ3n) is 5.18. The predicted octanol–water partition coefficient (Wildman–Crippen LogP) is 4.92. The molecule has 0 bridgehead atoms. The van der Waals surface area contributed by atoms with Gasteiger partial charge in [0.1, 0.15) is 5.56 Å². The molecule has 0 unspecified atom stereocenters. The summed E-state index contributed by atoms with van der Waals surface area (Å²) in [6.45, 7) is 2.29. The van der Waals surface area contributed by atoms with E-state index >= 15 is 0 Å². The van der Waals surface area contributed by atoms with Gasteiger partial charge in [-0.25, -0.2) is 9.78 Å². The van der Waals surface area contributed by atoms with E-state index in [4.69, 9.17) is 5.73 Å². The van der Waals surface area contributed by atoms with E-state index in [0.717, 1.165) is 16.9 Å². The fourth-order valence-electron chi connectivity index (χ4n) is 3.30. The number of pyridine rings is 1. The van der Waals surface area contributed by atoms with Gasteiger partial charge in [-0.2, -0.15) is 9.78 Å². The highest BCUT2D eigenvalue weighted by atomic mass is 16.4. The topological polar surface area (TPSA) is 122 Å². The number of nitrogens with two attached hydrogens (primary N) is 1. The molecule has 33 heavy (non-hydrogen) atoms. The molecule has 0 aliphatic rings. The molecule has 0 atom stereocenters. The smallest absolute Gasteiger partial charge is 0.341 e. The van der Waals surface area contributed by atoms with Crippen LogP contribution < -0.4 is 10.6 Å². The zero-order chi connectivity index (χ0) is 23.4. The van der Waals surface area contributed by atoms with Crippen LogP contribution in [0.1, 0.15) is 21.5 Å². The number of aromatic nitrogens is 3. The van der Waals surface area contributed by atoms with Gasteiger partial charge in [0.15, 0.2) is 11.6 Å². The molecule has 0 fully saturated rings. The lowest BCUT2D eigenvalue weighted by Gasteiger charge is -2.21. The second-order valence-corrected chi connectivity index (χ2v) is 7.40. The molecule has 0 saturated heterocycles. The van der Waals surface area contributed by atoms with Gasteiger partial charge in [0.25, 0.3) is 0 Å². The van der Waals surface area contributed by atoms with Gasteiger partial charge in [-0.3, -0.25) is 0 Å². The number of carbonyl (C=O) groups is 1. The van der Waals surface area contributed by atoms with Crippen LogP contribution in [-0.2, 0) is 6.54 Å². The van der Waals surface area contributed by atoms with Crippen molar-refractivity contribution in [2.45, 2.75) is 13.5 Å². The molecule has 2 heterocycles. The molecular formula is C24H23N7O2. The van der Waals surface area contributed by atoms with Crippen molar-refractivity contribution in [3.05, 3.63) is 89.7 Å². The maximum absolute atomic E-state index is 11.7. The third kappa shape index (κ3) is 4.63. The Hall–Kier alpha value is -4.37. The zero-order valence-corrected chi connectivity index (χ0v) is 18.3. The molecular weight excluding hydrogens is 418 g/mol. The number of hydrogen-bond acceptors (Lipinski definition) is 7. The van der Waals surface area contributed by atoms with E-state index in [2.05, 4.69) is 49.5 Å². The van der Waals surface area contributed by atoms with Gasteiger partial charge >= 0.3 is 5.97 Å². The monoisotopic (exact) mass is 441 g/mol. The Morgan fingerprint density at radius 1 is 1.09 bits per heavy atom. The Balaban J connectivity index is 1.68. The molecule has 0 aliphatic heterocycles. The van der Waals surface area contributed by atoms with Gasteiger partial charge in [0, 0.05) is 31.2 Å². The summed E-state index contributed by atoms with van der Waals surface area (Å²) in [4.78, 5) is 17.9. The highest BCUT2D eigenvalue weighted by molar-refractivity contribution is 5.92. The SMILES string of the molecule is Cc1ccc(N(C)c2ccc(/N=N/c3c(C(=O)O)cnn3-c3ccccn3)c(CN)c2)cc1. The molecule has 2 aromatic carbocycles. The summed E-state index contributed by atoms with van der Waals surface area (Å²) in [5.74, 6) is -0.640. The largest absolute Gasteiger partial charge is 0.477 e. The number of nitrogens with zero attached hydrogens (tertiary/aromatic N) is 6. The summed E-state index contributed by atoms with van der Waals surface area (Å²) >= 11 is 0. The van der Waals surface area contributed by atoms with E-state index in [1.54, 1.807) is 24.4 Å². The molecule has 0 aliphatic carbocycles. The van der Waals surface area contributed by atoms with E-state index < -0.39 is 5.97 Å². The quantitative estimate of drug-likeness (QED) is 0.393. The number of hydrogen-bond donors (Lipinski definition) is 2. The molecule has 166 valence electrons. The van der Waals surface area contributed by atoms with E-state index in [0.29, 0.717) is 11.5 Å². The normalized spacial score (nSPS) is 11.1. The maximum atomic E-state index is 11.7. The van der Waals surface area contributed by atoms with Crippen LogP contribution in [0.4, 0.5) is 22.9 Å². The summed E-state index contributed by atoms with van der Waals surface area (Å²) in [7, 11) is 1.98. The van der Waals surface area contributed by atoms with Crippen molar-refractivity contribution in [2.75, 3.05) is 11.9 Å². The van der Waals surface area contributed by atoms with E-state index in [9.17, 15) is 9.90 Å². The molecule has 0 saturated carbocycles. The number of rotatable bonds is 7. The second-order valence-electron chi connectivity index (χ2n) is 7.40. The van der Waals surface area contributed by atoms with Gasteiger partial charge < -0.3 is 15.7 Å². The Morgan fingerprint density at radius 3 is 2.52 bits per heavy atom. The van der Waals surface area contributed by atoms with Crippen LogP contribution in [0.15, 0.2) is 83.3 Å². The lowest BCUT2D eigenvalue weighted by Crippen LogP contribution is -2.10. The van der Waals surface area contributed by atoms with Crippen LogP contribution in [-0.4, -0.2) is 32.9 Å². The zero-order valence-electron chi connectivity index (χ0n) is 18.3. The van der Waals surface area contributed by atoms with Crippen molar-refractivity contribution in [1.29, 1.82) is 0 Å². The molecule has 0 spiro atoms. The molecule has 9 heteroatoms. The minimum Gasteiger partial charge on any atom is -0.477 e. The molecule has 2 aromatic heterocycles. The fraction of sp³-hybridized carbons (Fsp3) is 0.125.